The van der Waals surface area contributed by atoms with Gasteiger partial charge >= 0.3 is 0 Å². The average molecular weight is 338 g/mol. The summed E-state index contributed by atoms with van der Waals surface area (Å²) in [6, 6.07) is 9.98. The smallest absolute Gasteiger partial charge is 0.270 e. The Bertz CT molecular complexity index is 719. The van der Waals surface area contributed by atoms with Gasteiger partial charge in [-0.3, -0.25) is 4.79 Å². The second kappa shape index (κ2) is 8.10. The van der Waals surface area contributed by atoms with E-state index in [-0.39, 0.29) is 5.91 Å². The summed E-state index contributed by atoms with van der Waals surface area (Å²) < 4.78 is 0. The van der Waals surface area contributed by atoms with Crippen LogP contribution < -0.4 is 10.2 Å². The molecule has 0 saturated carbocycles. The molecule has 0 atom stereocenters. The van der Waals surface area contributed by atoms with Gasteiger partial charge in [-0.2, -0.15) is 0 Å². The summed E-state index contributed by atoms with van der Waals surface area (Å²) >= 11 is 0. The van der Waals surface area contributed by atoms with Gasteiger partial charge < -0.3 is 10.2 Å². The van der Waals surface area contributed by atoms with Gasteiger partial charge in [-0.15, -0.1) is 0 Å². The van der Waals surface area contributed by atoms with Gasteiger partial charge in [-0.05, 0) is 32.3 Å². The van der Waals surface area contributed by atoms with Crippen molar-refractivity contribution in [2.24, 2.45) is 0 Å². The predicted molar refractivity (Wildman–Crippen MR) is 99.8 cm³/mol. The first-order chi connectivity index (χ1) is 12.1. The van der Waals surface area contributed by atoms with E-state index in [0.717, 1.165) is 24.5 Å². The van der Waals surface area contributed by atoms with E-state index < -0.39 is 0 Å². The van der Waals surface area contributed by atoms with Crippen LogP contribution in [-0.4, -0.2) is 29.0 Å². The van der Waals surface area contributed by atoms with Crippen molar-refractivity contribution in [3.05, 3.63) is 53.0 Å². The molecule has 1 fully saturated rings. The highest BCUT2D eigenvalue weighted by molar-refractivity contribution is 5.92. The van der Waals surface area contributed by atoms with Gasteiger partial charge in [0.05, 0.1) is 0 Å². The molecule has 1 aromatic carbocycles. The van der Waals surface area contributed by atoms with E-state index in [1.165, 1.54) is 31.2 Å². The highest BCUT2D eigenvalue weighted by Crippen LogP contribution is 2.18. The Morgan fingerprint density at radius 2 is 1.72 bits per heavy atom. The Morgan fingerprint density at radius 1 is 1.04 bits per heavy atom. The largest absolute Gasteiger partial charge is 0.356 e. The Morgan fingerprint density at radius 3 is 2.40 bits per heavy atom. The minimum absolute atomic E-state index is 0.151. The molecule has 1 aliphatic rings. The van der Waals surface area contributed by atoms with Crippen LogP contribution in [-0.2, 0) is 6.54 Å². The van der Waals surface area contributed by atoms with Crippen molar-refractivity contribution in [1.29, 1.82) is 0 Å². The summed E-state index contributed by atoms with van der Waals surface area (Å²) in [5.41, 5.74) is 2.74. The van der Waals surface area contributed by atoms with Crippen LogP contribution in [0.1, 0.15) is 53.1 Å². The number of hydrogen-bond acceptors (Lipinski definition) is 4. The van der Waals surface area contributed by atoms with Gasteiger partial charge in [0.2, 0.25) is 0 Å². The molecule has 1 N–H and O–H groups in total. The first-order valence-corrected chi connectivity index (χ1v) is 9.06. The number of carbonyl (C=O) groups is 1. The van der Waals surface area contributed by atoms with Gasteiger partial charge in [0, 0.05) is 25.7 Å². The number of aromatic nitrogens is 2. The van der Waals surface area contributed by atoms with E-state index in [1.54, 1.807) is 0 Å². The van der Waals surface area contributed by atoms with Crippen molar-refractivity contribution in [2.45, 2.75) is 46.1 Å². The van der Waals surface area contributed by atoms with E-state index >= 15 is 0 Å². The zero-order valence-corrected chi connectivity index (χ0v) is 15.1. The van der Waals surface area contributed by atoms with Crippen LogP contribution in [0.15, 0.2) is 30.3 Å². The summed E-state index contributed by atoms with van der Waals surface area (Å²) in [7, 11) is 0. The molecule has 5 heteroatoms. The lowest BCUT2D eigenvalue weighted by atomic mass is 10.1. The molecule has 2 aromatic rings. The second-order valence-electron chi connectivity index (χ2n) is 6.73. The first-order valence-electron chi connectivity index (χ1n) is 9.06. The summed E-state index contributed by atoms with van der Waals surface area (Å²) in [4.78, 5) is 23.7. The fourth-order valence-corrected chi connectivity index (χ4v) is 3.11. The molecule has 1 aromatic heterocycles. The van der Waals surface area contributed by atoms with Gasteiger partial charge in [-0.25, -0.2) is 9.97 Å². The zero-order chi connectivity index (χ0) is 17.6. The summed E-state index contributed by atoms with van der Waals surface area (Å²) in [5.74, 6) is 1.36. The Balaban J connectivity index is 1.70. The van der Waals surface area contributed by atoms with Crippen molar-refractivity contribution in [3.8, 4) is 0 Å². The van der Waals surface area contributed by atoms with Crippen LogP contribution in [0.2, 0.25) is 0 Å². The average Bonchev–Trinajstić information content (AvgIpc) is 2.90. The maximum atomic E-state index is 12.5. The molecule has 2 heterocycles. The molecule has 0 aliphatic carbocycles. The zero-order valence-electron chi connectivity index (χ0n) is 15.1. The van der Waals surface area contributed by atoms with Crippen molar-refractivity contribution >= 4 is 11.7 Å². The highest BCUT2D eigenvalue weighted by Gasteiger charge is 2.16. The lowest BCUT2D eigenvalue weighted by molar-refractivity contribution is 0.0945. The van der Waals surface area contributed by atoms with E-state index in [1.807, 2.05) is 37.3 Å². The maximum Gasteiger partial charge on any atom is 0.270 e. The van der Waals surface area contributed by atoms with Gasteiger partial charge in [0.1, 0.15) is 17.3 Å². The number of amides is 1. The number of anilines is 1. The van der Waals surface area contributed by atoms with E-state index in [0.29, 0.717) is 18.1 Å². The summed E-state index contributed by atoms with van der Waals surface area (Å²) in [6.07, 6.45) is 4.89. The third kappa shape index (κ3) is 4.78. The van der Waals surface area contributed by atoms with Gasteiger partial charge in [-0.1, -0.05) is 42.7 Å². The van der Waals surface area contributed by atoms with Crippen LogP contribution in [0.5, 0.6) is 0 Å². The third-order valence-electron chi connectivity index (χ3n) is 4.56. The van der Waals surface area contributed by atoms with Crippen molar-refractivity contribution in [1.82, 2.24) is 15.3 Å². The Kier molecular flexibility index (Phi) is 5.64. The fourth-order valence-electron chi connectivity index (χ4n) is 3.11. The molecule has 1 amide bonds. The van der Waals surface area contributed by atoms with Crippen molar-refractivity contribution in [2.75, 3.05) is 18.0 Å². The highest BCUT2D eigenvalue weighted by atomic mass is 16.1. The molecule has 1 saturated heterocycles. The van der Waals surface area contributed by atoms with Crippen LogP contribution in [0.4, 0.5) is 5.82 Å². The fraction of sp³-hybridized carbons (Fsp3) is 0.450. The lowest BCUT2D eigenvalue weighted by Crippen LogP contribution is -2.28. The van der Waals surface area contributed by atoms with Crippen LogP contribution in [0, 0.1) is 13.8 Å². The molecule has 25 heavy (non-hydrogen) atoms. The number of benzene rings is 1. The molecule has 1 aliphatic heterocycles. The molecular formula is C20H26N4O. The Labute approximate surface area is 149 Å². The second-order valence-corrected chi connectivity index (χ2v) is 6.73. The minimum atomic E-state index is -0.151. The topological polar surface area (TPSA) is 58.1 Å². The number of nitrogens with zero attached hydrogens (tertiary/aromatic N) is 3. The molecule has 0 spiro atoms. The van der Waals surface area contributed by atoms with E-state index in [4.69, 9.17) is 0 Å². The van der Waals surface area contributed by atoms with E-state index in [9.17, 15) is 4.79 Å². The monoisotopic (exact) mass is 338 g/mol. The van der Waals surface area contributed by atoms with Gasteiger partial charge in [0.15, 0.2) is 0 Å². The number of nitrogens with one attached hydrogen (secondary N) is 1. The van der Waals surface area contributed by atoms with Crippen molar-refractivity contribution < 1.29 is 4.79 Å². The molecular weight excluding hydrogens is 312 g/mol. The standard InChI is InChI=1S/C20H26N4O/c1-15-7-9-17(10-8-15)14-21-20(25)18-13-19(23-16(2)22-18)24-11-5-3-4-6-12-24/h7-10,13H,3-6,11-12,14H2,1-2H3,(H,21,25). The molecule has 3 rings (SSSR count). The van der Waals surface area contributed by atoms with Crippen LogP contribution in [0.3, 0.4) is 0 Å². The van der Waals surface area contributed by atoms with Crippen LogP contribution >= 0.6 is 0 Å². The lowest BCUT2D eigenvalue weighted by Gasteiger charge is -2.22. The Hall–Kier alpha value is -2.43. The summed E-state index contributed by atoms with van der Waals surface area (Å²) in [5, 5.41) is 2.96. The number of rotatable bonds is 4. The SMILES string of the molecule is Cc1ccc(CNC(=O)c2cc(N3CCCCCC3)nc(C)n2)cc1. The quantitative estimate of drug-likeness (QED) is 0.928. The predicted octanol–water partition coefficient (Wildman–Crippen LogP) is 3.40. The van der Waals surface area contributed by atoms with Gasteiger partial charge in [0.25, 0.3) is 5.91 Å². The molecule has 0 radical (unpaired) electrons. The minimum Gasteiger partial charge on any atom is -0.356 e. The number of carbonyl (C=O) groups excluding carboxylic acids is 1. The number of hydrogen-bond donors (Lipinski definition) is 1. The summed E-state index contributed by atoms with van der Waals surface area (Å²) in [6.45, 7) is 6.40. The molecule has 0 unspecified atom stereocenters. The molecule has 5 nitrogen and oxygen atoms in total. The van der Waals surface area contributed by atoms with Crippen LogP contribution in [0.25, 0.3) is 0 Å². The normalized spacial score (nSPS) is 14.9. The van der Waals surface area contributed by atoms with E-state index in [2.05, 4.69) is 27.1 Å². The number of aryl methyl sites for hydroxylation is 2. The maximum absolute atomic E-state index is 12.5. The molecule has 0 bridgehead atoms. The van der Waals surface area contributed by atoms with Crippen molar-refractivity contribution in [3.63, 3.8) is 0 Å². The molecule has 132 valence electrons. The third-order valence-corrected chi connectivity index (χ3v) is 4.56. The first kappa shape index (κ1) is 17.4.